The summed E-state index contributed by atoms with van der Waals surface area (Å²) in [4.78, 5) is 4.68. The Hall–Kier alpha value is -0.730. The molecular formula is C15H18Cl2N2. The topological polar surface area (TPSA) is 17.8 Å². The normalized spacial score (nSPS) is 23.8. The van der Waals surface area contributed by atoms with Gasteiger partial charge in [-0.15, -0.1) is 11.6 Å². The zero-order valence-corrected chi connectivity index (χ0v) is 12.7. The number of hydrogen-bond acceptors (Lipinski definition) is 1. The van der Waals surface area contributed by atoms with E-state index in [-0.39, 0.29) is 5.38 Å². The number of nitrogens with zero attached hydrogens (tertiary/aromatic N) is 2. The van der Waals surface area contributed by atoms with E-state index in [1.807, 2.05) is 19.1 Å². The van der Waals surface area contributed by atoms with Gasteiger partial charge < -0.3 is 4.57 Å². The van der Waals surface area contributed by atoms with E-state index in [1.54, 1.807) is 0 Å². The van der Waals surface area contributed by atoms with Crippen LogP contribution in [0.5, 0.6) is 0 Å². The Labute approximate surface area is 123 Å². The van der Waals surface area contributed by atoms with Crippen molar-refractivity contribution in [1.82, 2.24) is 9.55 Å². The maximum Gasteiger partial charge on any atom is 0.127 e. The number of fused-ring (bicyclic) bond motifs is 1. The third-order valence-corrected chi connectivity index (χ3v) is 4.34. The lowest BCUT2D eigenvalue weighted by Gasteiger charge is -2.10. The zero-order chi connectivity index (χ0) is 13.6. The summed E-state index contributed by atoms with van der Waals surface area (Å²) in [5, 5.41) is 0.654. The Morgan fingerprint density at radius 1 is 1.47 bits per heavy atom. The molecule has 3 atom stereocenters. The van der Waals surface area contributed by atoms with Gasteiger partial charge in [0.15, 0.2) is 0 Å². The lowest BCUT2D eigenvalue weighted by molar-refractivity contribution is 0.597. The van der Waals surface area contributed by atoms with E-state index in [0.29, 0.717) is 6.04 Å². The van der Waals surface area contributed by atoms with Crippen LogP contribution in [-0.2, 0) is 0 Å². The molecular weight excluding hydrogens is 279 g/mol. The molecule has 102 valence electrons. The first-order valence-electron chi connectivity index (χ1n) is 6.93. The van der Waals surface area contributed by atoms with Crippen LogP contribution in [0.15, 0.2) is 18.2 Å². The summed E-state index contributed by atoms with van der Waals surface area (Å²) < 4.78 is 2.34. The van der Waals surface area contributed by atoms with Crippen molar-refractivity contribution in [3.63, 3.8) is 0 Å². The standard InChI is InChI=1S/C15H18Cl2N2/c1-3-4-10-7-14(10)19-13-6-5-11(17)8-12(13)18-15(19)9(2)16/h5-6,8-10,14H,3-4,7H2,1-2H3. The number of benzene rings is 1. The van der Waals surface area contributed by atoms with Gasteiger partial charge in [-0.05, 0) is 43.9 Å². The Balaban J connectivity index is 2.08. The van der Waals surface area contributed by atoms with Gasteiger partial charge >= 0.3 is 0 Å². The molecule has 0 amide bonds. The molecule has 3 unspecified atom stereocenters. The molecule has 3 rings (SSSR count). The highest BCUT2D eigenvalue weighted by Gasteiger charge is 2.40. The number of halogens is 2. The predicted molar refractivity (Wildman–Crippen MR) is 81.1 cm³/mol. The van der Waals surface area contributed by atoms with Crippen molar-refractivity contribution in [3.05, 3.63) is 29.0 Å². The fraction of sp³-hybridized carbons (Fsp3) is 0.533. The van der Waals surface area contributed by atoms with E-state index >= 15 is 0 Å². The summed E-state index contributed by atoms with van der Waals surface area (Å²) >= 11 is 12.4. The molecule has 2 aromatic rings. The highest BCUT2D eigenvalue weighted by Crippen LogP contribution is 2.49. The quantitative estimate of drug-likeness (QED) is 0.695. The van der Waals surface area contributed by atoms with E-state index in [1.165, 1.54) is 19.3 Å². The summed E-state index contributed by atoms with van der Waals surface area (Å²) in [6.45, 7) is 4.23. The highest BCUT2D eigenvalue weighted by atomic mass is 35.5. The van der Waals surface area contributed by atoms with Gasteiger partial charge in [0.1, 0.15) is 5.82 Å². The maximum atomic E-state index is 6.30. The van der Waals surface area contributed by atoms with Crippen LogP contribution in [0.4, 0.5) is 0 Å². The third kappa shape index (κ3) is 2.36. The number of rotatable bonds is 4. The molecule has 2 nitrogen and oxygen atoms in total. The molecule has 0 saturated heterocycles. The van der Waals surface area contributed by atoms with Crippen molar-refractivity contribution >= 4 is 34.2 Å². The van der Waals surface area contributed by atoms with Gasteiger partial charge in [-0.3, -0.25) is 0 Å². The molecule has 0 radical (unpaired) electrons. The number of alkyl halides is 1. The van der Waals surface area contributed by atoms with E-state index in [9.17, 15) is 0 Å². The first kappa shape index (κ1) is 13.3. The predicted octanol–water partition coefficient (Wildman–Crippen LogP) is 5.35. The van der Waals surface area contributed by atoms with Crippen molar-refractivity contribution in [2.75, 3.05) is 0 Å². The van der Waals surface area contributed by atoms with Crippen LogP contribution in [0.1, 0.15) is 50.4 Å². The van der Waals surface area contributed by atoms with E-state index in [2.05, 4.69) is 22.5 Å². The van der Waals surface area contributed by atoms with Crippen LogP contribution in [0.2, 0.25) is 5.02 Å². The lowest BCUT2D eigenvalue weighted by atomic mass is 10.2. The molecule has 0 N–H and O–H groups in total. The Morgan fingerprint density at radius 2 is 2.26 bits per heavy atom. The van der Waals surface area contributed by atoms with Gasteiger partial charge in [0.05, 0.1) is 16.4 Å². The fourth-order valence-corrected chi connectivity index (χ4v) is 3.27. The Bertz CT molecular complexity index is 603. The van der Waals surface area contributed by atoms with Crippen molar-refractivity contribution < 1.29 is 0 Å². The second-order valence-electron chi connectivity index (χ2n) is 5.44. The average Bonchev–Trinajstić information content (AvgIpc) is 3.00. The van der Waals surface area contributed by atoms with Gasteiger partial charge in [0.2, 0.25) is 0 Å². The number of aromatic nitrogens is 2. The second-order valence-corrected chi connectivity index (χ2v) is 6.53. The van der Waals surface area contributed by atoms with Gasteiger partial charge in [-0.25, -0.2) is 4.98 Å². The molecule has 4 heteroatoms. The van der Waals surface area contributed by atoms with Gasteiger partial charge in [0, 0.05) is 11.1 Å². The zero-order valence-electron chi connectivity index (χ0n) is 11.2. The van der Waals surface area contributed by atoms with Gasteiger partial charge in [-0.1, -0.05) is 24.9 Å². The van der Waals surface area contributed by atoms with E-state index in [4.69, 9.17) is 23.2 Å². The molecule has 0 spiro atoms. The summed E-state index contributed by atoms with van der Waals surface area (Å²) in [6.07, 6.45) is 3.78. The SMILES string of the molecule is CCCC1CC1n1c(C(C)Cl)nc2cc(Cl)ccc21. The Morgan fingerprint density at radius 3 is 2.95 bits per heavy atom. The molecule has 19 heavy (non-hydrogen) atoms. The fourth-order valence-electron chi connectivity index (χ4n) is 2.95. The summed E-state index contributed by atoms with van der Waals surface area (Å²) in [6, 6.07) is 6.49. The molecule has 0 aliphatic heterocycles. The average molecular weight is 297 g/mol. The monoisotopic (exact) mass is 296 g/mol. The van der Waals surface area contributed by atoms with Crippen LogP contribution in [0, 0.1) is 5.92 Å². The maximum absolute atomic E-state index is 6.30. The van der Waals surface area contributed by atoms with Crippen molar-refractivity contribution in [1.29, 1.82) is 0 Å². The molecule has 1 aliphatic rings. The van der Waals surface area contributed by atoms with Crippen LogP contribution < -0.4 is 0 Å². The molecule has 1 aromatic heterocycles. The minimum atomic E-state index is -0.0750. The van der Waals surface area contributed by atoms with Crippen LogP contribution >= 0.6 is 23.2 Å². The second kappa shape index (κ2) is 4.99. The summed E-state index contributed by atoms with van der Waals surface area (Å²) in [5.41, 5.74) is 2.12. The van der Waals surface area contributed by atoms with Crippen LogP contribution in [0.3, 0.4) is 0 Å². The molecule has 1 aromatic carbocycles. The van der Waals surface area contributed by atoms with Gasteiger partial charge in [0.25, 0.3) is 0 Å². The van der Waals surface area contributed by atoms with Crippen molar-refractivity contribution in [2.24, 2.45) is 5.92 Å². The van der Waals surface area contributed by atoms with Crippen molar-refractivity contribution in [2.45, 2.75) is 44.5 Å². The van der Waals surface area contributed by atoms with Crippen molar-refractivity contribution in [3.8, 4) is 0 Å². The highest BCUT2D eigenvalue weighted by molar-refractivity contribution is 6.31. The first-order valence-corrected chi connectivity index (χ1v) is 7.74. The molecule has 1 heterocycles. The van der Waals surface area contributed by atoms with Gasteiger partial charge in [-0.2, -0.15) is 0 Å². The largest absolute Gasteiger partial charge is 0.323 e. The minimum absolute atomic E-state index is 0.0750. The minimum Gasteiger partial charge on any atom is -0.323 e. The summed E-state index contributed by atoms with van der Waals surface area (Å²) in [7, 11) is 0. The summed E-state index contributed by atoms with van der Waals surface area (Å²) in [5.74, 6) is 1.76. The molecule has 1 aliphatic carbocycles. The number of hydrogen-bond donors (Lipinski definition) is 0. The van der Waals surface area contributed by atoms with E-state index in [0.717, 1.165) is 27.8 Å². The first-order chi connectivity index (χ1) is 9.11. The molecule has 1 saturated carbocycles. The smallest absolute Gasteiger partial charge is 0.127 e. The Kier molecular flexibility index (Phi) is 3.48. The molecule has 0 bridgehead atoms. The van der Waals surface area contributed by atoms with Crippen LogP contribution in [0.25, 0.3) is 11.0 Å². The van der Waals surface area contributed by atoms with Crippen LogP contribution in [-0.4, -0.2) is 9.55 Å². The lowest BCUT2D eigenvalue weighted by Crippen LogP contribution is -2.03. The van der Waals surface area contributed by atoms with E-state index < -0.39 is 0 Å². The molecule has 1 fully saturated rings. The third-order valence-electron chi connectivity index (χ3n) is 3.91. The number of imidazole rings is 1.